The molecule has 0 radical (unpaired) electrons. The fraction of sp³-hybridized carbons (Fsp3) is 0.864. The van der Waals surface area contributed by atoms with Crippen molar-refractivity contribution in [3.8, 4) is 0 Å². The highest BCUT2D eigenvalue weighted by Gasteiger charge is 2.21. The van der Waals surface area contributed by atoms with Gasteiger partial charge in [-0.25, -0.2) is 0 Å². The number of nitrogens with zero attached hydrogens (tertiary/aromatic N) is 3. The molecule has 0 aliphatic rings. The second kappa shape index (κ2) is 32.9. The lowest BCUT2D eigenvalue weighted by atomic mass is 10.0. The summed E-state index contributed by atoms with van der Waals surface area (Å²) in [6, 6.07) is 7.62. The highest BCUT2D eigenvalue weighted by atomic mass is 79.9. The van der Waals surface area contributed by atoms with Crippen molar-refractivity contribution in [1.82, 2.24) is 0 Å². The van der Waals surface area contributed by atoms with Crippen LogP contribution in [0, 0.1) is 0 Å². The summed E-state index contributed by atoms with van der Waals surface area (Å²) in [5.41, 5.74) is 4.60. The van der Waals surface area contributed by atoms with Crippen LogP contribution >= 0.6 is 0 Å². The first-order chi connectivity index (χ1) is 22.4. The topological polar surface area (TPSA) is 0 Å². The molecule has 0 spiro atoms. The van der Waals surface area contributed by atoms with Crippen LogP contribution in [0.3, 0.4) is 0 Å². The highest BCUT2D eigenvalue weighted by Crippen LogP contribution is 2.22. The van der Waals surface area contributed by atoms with Gasteiger partial charge >= 0.3 is 0 Å². The number of hydrogen-bond acceptors (Lipinski definition) is 0. The molecule has 0 aliphatic carbocycles. The zero-order chi connectivity index (χ0) is 34.9. The SMILES string of the molecule is CCCCCCCCCCCCCC[N+](C)(C)Cc1cc(C[N+](C)(C)C)cc(C[N+](C)(C)CCCCCCCCCCCCCC)c1.[Br-].[Br-].[Br-]. The Labute approximate surface area is 347 Å². The van der Waals surface area contributed by atoms with Gasteiger partial charge in [-0.2, -0.15) is 0 Å². The van der Waals surface area contributed by atoms with Gasteiger partial charge in [0.05, 0.1) is 62.4 Å². The van der Waals surface area contributed by atoms with Crippen LogP contribution in [0.2, 0.25) is 0 Å². The molecule has 0 aromatic heterocycles. The maximum atomic E-state index is 2.56. The van der Waals surface area contributed by atoms with Crippen LogP contribution in [0.4, 0.5) is 0 Å². The Kier molecular flexibility index (Phi) is 36.1. The average molecular weight is 899 g/mol. The largest absolute Gasteiger partial charge is 1.00 e. The van der Waals surface area contributed by atoms with E-state index >= 15 is 0 Å². The van der Waals surface area contributed by atoms with Gasteiger partial charge in [0.1, 0.15) is 19.6 Å². The average Bonchev–Trinajstić information content (AvgIpc) is 2.96. The van der Waals surface area contributed by atoms with E-state index in [1.165, 1.54) is 173 Å². The second-order valence-corrected chi connectivity index (χ2v) is 18.0. The molecule has 0 unspecified atom stereocenters. The van der Waals surface area contributed by atoms with Crippen molar-refractivity contribution in [2.75, 3.05) is 62.4 Å². The summed E-state index contributed by atoms with van der Waals surface area (Å²) in [5.74, 6) is 0. The predicted molar refractivity (Wildman–Crippen MR) is 212 cm³/mol. The summed E-state index contributed by atoms with van der Waals surface area (Å²) in [7, 11) is 16.8. The van der Waals surface area contributed by atoms with Crippen LogP contribution in [0.15, 0.2) is 18.2 Å². The smallest absolute Gasteiger partial charge is 0.104 e. The zero-order valence-corrected chi connectivity index (χ0v) is 40.0. The molecule has 1 rings (SSSR count). The fourth-order valence-corrected chi connectivity index (χ4v) is 7.57. The molecule has 0 saturated heterocycles. The third-order valence-corrected chi connectivity index (χ3v) is 10.2. The maximum Gasteiger partial charge on any atom is 0.104 e. The molecule has 0 saturated carbocycles. The summed E-state index contributed by atoms with van der Waals surface area (Å²) >= 11 is 0. The quantitative estimate of drug-likeness (QED) is 0.0770. The van der Waals surface area contributed by atoms with Crippen molar-refractivity contribution < 1.29 is 64.4 Å². The lowest BCUT2D eigenvalue weighted by Gasteiger charge is -2.32. The van der Waals surface area contributed by atoms with Gasteiger partial charge in [-0.1, -0.05) is 142 Å². The van der Waals surface area contributed by atoms with Gasteiger partial charge in [-0.05, 0) is 43.9 Å². The fourth-order valence-electron chi connectivity index (χ4n) is 7.57. The van der Waals surface area contributed by atoms with E-state index in [-0.39, 0.29) is 50.9 Å². The Morgan fingerprint density at radius 1 is 0.320 bits per heavy atom. The molecular weight excluding hydrogens is 810 g/mol. The van der Waals surface area contributed by atoms with E-state index < -0.39 is 0 Å². The third-order valence-electron chi connectivity index (χ3n) is 10.2. The molecule has 0 fully saturated rings. The number of benzene rings is 1. The Morgan fingerprint density at radius 3 is 0.780 bits per heavy atom. The first-order valence-electron chi connectivity index (χ1n) is 20.9. The zero-order valence-electron chi connectivity index (χ0n) is 35.2. The first kappa shape index (κ1) is 54.9. The van der Waals surface area contributed by atoms with Crippen LogP contribution in [-0.4, -0.2) is 75.9 Å². The molecule has 50 heavy (non-hydrogen) atoms. The maximum absolute atomic E-state index is 2.56. The van der Waals surface area contributed by atoms with Crippen LogP contribution in [0.25, 0.3) is 0 Å². The first-order valence-corrected chi connectivity index (χ1v) is 20.9. The molecule has 1 aromatic rings. The number of rotatable bonds is 32. The van der Waals surface area contributed by atoms with Crippen LogP contribution in [0.5, 0.6) is 0 Å². The van der Waals surface area contributed by atoms with E-state index in [1.54, 1.807) is 11.1 Å². The van der Waals surface area contributed by atoms with E-state index in [0.717, 1.165) is 33.1 Å². The van der Waals surface area contributed by atoms with Crippen LogP contribution in [0.1, 0.15) is 185 Å². The minimum absolute atomic E-state index is 0. The van der Waals surface area contributed by atoms with E-state index in [9.17, 15) is 0 Å². The number of quaternary nitrogens is 3. The Hall–Kier alpha value is 0.540. The minimum atomic E-state index is 0. The predicted octanol–water partition coefficient (Wildman–Crippen LogP) is 3.46. The molecular formula is C44H88Br3N3. The molecule has 0 N–H and O–H groups in total. The number of unbranched alkanes of at least 4 members (excludes halogenated alkanes) is 22. The van der Waals surface area contributed by atoms with E-state index in [1.807, 2.05) is 0 Å². The van der Waals surface area contributed by atoms with E-state index in [0.29, 0.717) is 0 Å². The summed E-state index contributed by atoms with van der Waals surface area (Å²) in [6.07, 6.45) is 34.2. The van der Waals surface area contributed by atoms with Gasteiger partial charge in [-0.3, -0.25) is 0 Å². The lowest BCUT2D eigenvalue weighted by molar-refractivity contribution is -0.904. The van der Waals surface area contributed by atoms with Gasteiger partial charge in [-0.15, -0.1) is 0 Å². The summed E-state index contributed by atoms with van der Waals surface area (Å²) < 4.78 is 3.18. The van der Waals surface area contributed by atoms with Gasteiger partial charge < -0.3 is 64.4 Å². The monoisotopic (exact) mass is 895 g/mol. The van der Waals surface area contributed by atoms with E-state index in [4.69, 9.17) is 0 Å². The molecule has 0 bridgehead atoms. The van der Waals surface area contributed by atoms with Gasteiger partial charge in [0.2, 0.25) is 0 Å². The molecule has 0 aliphatic heterocycles. The van der Waals surface area contributed by atoms with E-state index in [2.05, 4.69) is 81.4 Å². The van der Waals surface area contributed by atoms with Crippen molar-refractivity contribution in [2.45, 2.75) is 188 Å². The van der Waals surface area contributed by atoms with Gasteiger partial charge in [0, 0.05) is 16.7 Å². The van der Waals surface area contributed by atoms with Crippen LogP contribution < -0.4 is 50.9 Å². The van der Waals surface area contributed by atoms with Crippen molar-refractivity contribution >= 4 is 0 Å². The Bertz CT molecular complexity index is 821. The van der Waals surface area contributed by atoms with Crippen LogP contribution in [-0.2, 0) is 19.6 Å². The third kappa shape index (κ3) is 33.1. The van der Waals surface area contributed by atoms with Crippen molar-refractivity contribution in [3.63, 3.8) is 0 Å². The molecule has 6 heteroatoms. The molecule has 0 heterocycles. The number of halogens is 3. The summed E-state index contributed by atoms with van der Waals surface area (Å²) in [6.45, 7) is 10.6. The van der Waals surface area contributed by atoms with Crippen molar-refractivity contribution in [2.24, 2.45) is 0 Å². The number of hydrogen-bond donors (Lipinski definition) is 0. The summed E-state index contributed by atoms with van der Waals surface area (Å²) in [4.78, 5) is 0. The molecule has 300 valence electrons. The van der Waals surface area contributed by atoms with Crippen molar-refractivity contribution in [3.05, 3.63) is 34.9 Å². The molecule has 3 nitrogen and oxygen atoms in total. The molecule has 0 amide bonds. The Morgan fingerprint density at radius 2 is 0.540 bits per heavy atom. The molecule has 1 aromatic carbocycles. The lowest BCUT2D eigenvalue weighted by Crippen LogP contribution is -3.00. The second-order valence-electron chi connectivity index (χ2n) is 18.0. The van der Waals surface area contributed by atoms with Crippen molar-refractivity contribution in [1.29, 1.82) is 0 Å². The normalized spacial score (nSPS) is 11.9. The molecule has 0 atom stereocenters. The van der Waals surface area contributed by atoms with Gasteiger partial charge in [0.15, 0.2) is 0 Å². The standard InChI is InChI=1S/C44H88N3.3BrH/c1-10-12-14-16-18-20-22-24-26-28-30-32-34-46(6,7)40-43-36-42(39-45(3,4)5)37-44(38-43)41-47(8,9)35-33-31-29-27-25-23-21-19-17-15-13-11-2;;;/h36-38H,10-35,39-41H2,1-9H3;3*1H/q+3;;;/p-3. The minimum Gasteiger partial charge on any atom is -1.00 e. The summed E-state index contributed by atoms with van der Waals surface area (Å²) in [5, 5.41) is 0. The highest BCUT2D eigenvalue weighted by molar-refractivity contribution is 5.29. The Balaban J connectivity index is -0.00000736. The van der Waals surface area contributed by atoms with Gasteiger partial charge in [0.25, 0.3) is 0 Å².